The number of amides is 1. The first-order valence-electron chi connectivity index (χ1n) is 8.16. The van der Waals surface area contributed by atoms with Crippen LogP contribution in [0.3, 0.4) is 0 Å². The van der Waals surface area contributed by atoms with Crippen LogP contribution < -0.4 is 14.8 Å². The van der Waals surface area contributed by atoms with Gasteiger partial charge in [0.25, 0.3) is 5.91 Å². The Kier molecular flexibility index (Phi) is 6.86. The molecular weight excluding hydrogens is 379 g/mol. The molecule has 0 fully saturated rings. The zero-order valence-electron chi connectivity index (χ0n) is 14.9. The van der Waals surface area contributed by atoms with Crippen molar-refractivity contribution < 1.29 is 37.3 Å². The summed E-state index contributed by atoms with van der Waals surface area (Å²) in [6.07, 6.45) is -4.47. The van der Waals surface area contributed by atoms with E-state index in [9.17, 15) is 22.8 Å². The van der Waals surface area contributed by atoms with Gasteiger partial charge in [-0.3, -0.25) is 4.79 Å². The van der Waals surface area contributed by atoms with Crippen LogP contribution in [0.25, 0.3) is 0 Å². The number of carboxylic acids is 1. The number of aliphatic carboxylic acids is 1. The number of hydrogen-bond donors (Lipinski definition) is 2. The number of alkyl halides is 3. The van der Waals surface area contributed by atoms with E-state index in [-0.39, 0.29) is 23.6 Å². The number of benzene rings is 2. The molecule has 2 rings (SSSR count). The minimum atomic E-state index is -4.47. The second-order valence-electron chi connectivity index (χ2n) is 5.91. The summed E-state index contributed by atoms with van der Waals surface area (Å²) in [7, 11) is 0. The topological polar surface area (TPSA) is 84.9 Å². The molecule has 2 aromatic rings. The molecule has 6 nitrogen and oxygen atoms in total. The minimum Gasteiger partial charge on any atom is -0.484 e. The van der Waals surface area contributed by atoms with Gasteiger partial charge in [-0.15, -0.1) is 0 Å². The number of hydrogen-bond acceptors (Lipinski definition) is 4. The maximum atomic E-state index is 12.4. The van der Waals surface area contributed by atoms with Crippen molar-refractivity contribution in [3.63, 3.8) is 0 Å². The maximum absolute atomic E-state index is 12.4. The van der Waals surface area contributed by atoms with Crippen LogP contribution in [0.1, 0.15) is 21.5 Å². The molecule has 0 unspecified atom stereocenters. The van der Waals surface area contributed by atoms with Crippen molar-refractivity contribution in [2.45, 2.75) is 19.6 Å². The van der Waals surface area contributed by atoms with Crippen molar-refractivity contribution in [2.24, 2.45) is 0 Å². The summed E-state index contributed by atoms with van der Waals surface area (Å²) in [6, 6.07) is 10.6. The van der Waals surface area contributed by atoms with Crippen molar-refractivity contribution in [3.8, 4) is 11.5 Å². The highest BCUT2D eigenvalue weighted by Crippen LogP contribution is 2.24. The third kappa shape index (κ3) is 6.82. The molecule has 0 aliphatic heterocycles. The van der Waals surface area contributed by atoms with Gasteiger partial charge in [0.15, 0.2) is 13.2 Å². The summed E-state index contributed by atoms with van der Waals surface area (Å²) in [5.41, 5.74) is 1.32. The third-order valence-corrected chi connectivity index (χ3v) is 3.51. The molecule has 0 saturated carbocycles. The van der Waals surface area contributed by atoms with Gasteiger partial charge in [-0.05, 0) is 36.8 Å². The molecule has 0 radical (unpaired) electrons. The van der Waals surface area contributed by atoms with E-state index >= 15 is 0 Å². The molecular formula is C19H18F3NO5. The number of carboxylic acid groups (broad SMARTS) is 1. The third-order valence-electron chi connectivity index (χ3n) is 3.51. The second-order valence-corrected chi connectivity index (χ2v) is 5.91. The molecule has 28 heavy (non-hydrogen) atoms. The molecule has 0 bridgehead atoms. The highest BCUT2D eigenvalue weighted by Gasteiger charge is 2.28. The number of nitrogens with one attached hydrogen (secondary N) is 1. The Hall–Kier alpha value is -3.23. The van der Waals surface area contributed by atoms with Crippen LogP contribution in [-0.4, -0.2) is 36.4 Å². The van der Waals surface area contributed by atoms with Gasteiger partial charge in [-0.25, -0.2) is 4.79 Å². The summed E-state index contributed by atoms with van der Waals surface area (Å²) >= 11 is 0. The molecule has 0 aliphatic carbocycles. The van der Waals surface area contributed by atoms with Gasteiger partial charge >= 0.3 is 12.1 Å². The van der Waals surface area contributed by atoms with E-state index in [1.807, 2.05) is 0 Å². The number of ether oxygens (including phenoxy) is 2. The second kappa shape index (κ2) is 9.12. The molecule has 0 aliphatic rings. The van der Waals surface area contributed by atoms with Gasteiger partial charge in [0.05, 0.1) is 0 Å². The van der Waals surface area contributed by atoms with Crippen molar-refractivity contribution in [1.29, 1.82) is 0 Å². The largest absolute Gasteiger partial charge is 0.484 e. The Morgan fingerprint density at radius 2 is 1.86 bits per heavy atom. The fourth-order valence-corrected chi connectivity index (χ4v) is 2.25. The highest BCUT2D eigenvalue weighted by atomic mass is 19.4. The van der Waals surface area contributed by atoms with Gasteiger partial charge in [0.1, 0.15) is 11.5 Å². The van der Waals surface area contributed by atoms with E-state index in [0.29, 0.717) is 5.56 Å². The fraction of sp³-hybridized carbons (Fsp3) is 0.263. The number of aryl methyl sites for hydroxylation is 1. The predicted molar refractivity (Wildman–Crippen MR) is 93.5 cm³/mol. The maximum Gasteiger partial charge on any atom is 0.422 e. The van der Waals surface area contributed by atoms with E-state index < -0.39 is 31.3 Å². The molecule has 0 aromatic heterocycles. The molecule has 2 aromatic carbocycles. The molecule has 0 spiro atoms. The minimum absolute atomic E-state index is 0.0381. The van der Waals surface area contributed by atoms with Crippen molar-refractivity contribution >= 4 is 11.9 Å². The van der Waals surface area contributed by atoms with Gasteiger partial charge < -0.3 is 19.9 Å². The SMILES string of the molecule is Cc1ccc(CNC(=O)c2cccc(OCC(=O)O)c2)c(OCC(F)(F)F)c1. The van der Waals surface area contributed by atoms with Crippen LogP contribution >= 0.6 is 0 Å². The van der Waals surface area contributed by atoms with Crippen LogP contribution in [0.4, 0.5) is 13.2 Å². The standard InChI is InChI=1S/C19H18F3NO5/c1-12-5-6-14(16(7-12)28-11-19(20,21)22)9-23-18(26)13-3-2-4-15(8-13)27-10-17(24)25/h2-8H,9-11H2,1H3,(H,23,26)(H,24,25). The first kappa shape index (κ1) is 21.1. The Bertz CT molecular complexity index is 852. The average molecular weight is 397 g/mol. The number of carbonyl (C=O) groups excluding carboxylic acids is 1. The zero-order valence-corrected chi connectivity index (χ0v) is 14.9. The molecule has 0 heterocycles. The summed E-state index contributed by atoms with van der Waals surface area (Å²) in [4.78, 5) is 22.8. The van der Waals surface area contributed by atoms with E-state index in [4.69, 9.17) is 14.6 Å². The van der Waals surface area contributed by atoms with Crippen LogP contribution in [0.2, 0.25) is 0 Å². The van der Waals surface area contributed by atoms with Crippen LogP contribution in [-0.2, 0) is 11.3 Å². The van der Waals surface area contributed by atoms with Gasteiger partial charge in [0.2, 0.25) is 0 Å². The van der Waals surface area contributed by atoms with Gasteiger partial charge in [-0.1, -0.05) is 18.2 Å². The van der Waals surface area contributed by atoms with Crippen LogP contribution in [0.5, 0.6) is 11.5 Å². The van der Waals surface area contributed by atoms with Gasteiger partial charge in [-0.2, -0.15) is 13.2 Å². The number of carbonyl (C=O) groups is 2. The quantitative estimate of drug-likeness (QED) is 0.714. The lowest BCUT2D eigenvalue weighted by molar-refractivity contribution is -0.153. The van der Waals surface area contributed by atoms with Crippen LogP contribution in [0, 0.1) is 6.92 Å². The van der Waals surface area contributed by atoms with E-state index in [2.05, 4.69) is 5.32 Å². The van der Waals surface area contributed by atoms with Gasteiger partial charge in [0, 0.05) is 17.7 Å². The van der Waals surface area contributed by atoms with Crippen molar-refractivity contribution in [3.05, 3.63) is 59.2 Å². The Labute approximate surface area is 158 Å². The zero-order chi connectivity index (χ0) is 20.7. The summed E-state index contributed by atoms with van der Waals surface area (Å²) in [5.74, 6) is -1.40. The monoisotopic (exact) mass is 397 g/mol. The molecule has 0 atom stereocenters. The first-order chi connectivity index (χ1) is 13.1. The smallest absolute Gasteiger partial charge is 0.422 e. The summed E-state index contributed by atoms with van der Waals surface area (Å²) in [5, 5.41) is 11.2. The Balaban J connectivity index is 2.04. The molecule has 1 amide bonds. The lowest BCUT2D eigenvalue weighted by atomic mass is 10.1. The van der Waals surface area contributed by atoms with E-state index in [1.54, 1.807) is 19.1 Å². The van der Waals surface area contributed by atoms with Crippen LogP contribution in [0.15, 0.2) is 42.5 Å². The first-order valence-corrected chi connectivity index (χ1v) is 8.16. The predicted octanol–water partition coefficient (Wildman–Crippen LogP) is 3.33. The Morgan fingerprint density at radius 3 is 2.54 bits per heavy atom. The fourth-order valence-electron chi connectivity index (χ4n) is 2.25. The lowest BCUT2D eigenvalue weighted by Crippen LogP contribution is -2.24. The molecule has 0 saturated heterocycles. The molecule has 9 heteroatoms. The van der Waals surface area contributed by atoms with E-state index in [0.717, 1.165) is 5.56 Å². The lowest BCUT2D eigenvalue weighted by Gasteiger charge is -2.14. The average Bonchev–Trinajstić information content (AvgIpc) is 2.63. The normalized spacial score (nSPS) is 11.0. The summed E-state index contributed by atoms with van der Waals surface area (Å²) < 4.78 is 47.1. The number of halogens is 3. The highest BCUT2D eigenvalue weighted by molar-refractivity contribution is 5.94. The van der Waals surface area contributed by atoms with Crippen molar-refractivity contribution in [2.75, 3.05) is 13.2 Å². The molecule has 150 valence electrons. The van der Waals surface area contributed by atoms with E-state index in [1.165, 1.54) is 30.3 Å². The summed E-state index contributed by atoms with van der Waals surface area (Å²) in [6.45, 7) is -0.313. The molecule has 2 N–H and O–H groups in total. The number of rotatable bonds is 8. The van der Waals surface area contributed by atoms with Crippen molar-refractivity contribution in [1.82, 2.24) is 5.32 Å². The Morgan fingerprint density at radius 1 is 1.11 bits per heavy atom.